The Morgan fingerprint density at radius 2 is 1.75 bits per heavy atom. The minimum absolute atomic E-state index is 0.0655. The van der Waals surface area contributed by atoms with Crippen molar-refractivity contribution in [3.05, 3.63) is 57.1 Å². The predicted molar refractivity (Wildman–Crippen MR) is 87.5 cm³/mol. The largest absolute Gasteiger partial charge is 0.457 e. The summed E-state index contributed by atoms with van der Waals surface area (Å²) in [5, 5.41) is 0. The van der Waals surface area contributed by atoms with Gasteiger partial charge in [0.15, 0.2) is 0 Å². The Kier molecular flexibility index (Phi) is 4.51. The molecule has 2 aromatic rings. The van der Waals surface area contributed by atoms with Crippen LogP contribution < -0.4 is 10.5 Å². The summed E-state index contributed by atoms with van der Waals surface area (Å²) in [5.41, 5.74) is 10.6. The Morgan fingerprint density at radius 3 is 2.40 bits per heavy atom. The molecule has 0 aliphatic rings. The van der Waals surface area contributed by atoms with E-state index >= 15 is 0 Å². The maximum absolute atomic E-state index is 6.13. The van der Waals surface area contributed by atoms with Gasteiger partial charge < -0.3 is 10.5 Å². The zero-order chi connectivity index (χ0) is 14.9. The van der Waals surface area contributed by atoms with Crippen molar-refractivity contribution in [1.29, 1.82) is 0 Å². The number of benzene rings is 2. The fourth-order valence-electron chi connectivity index (χ4n) is 2.20. The van der Waals surface area contributed by atoms with Crippen LogP contribution in [0.5, 0.6) is 11.5 Å². The van der Waals surface area contributed by atoms with Gasteiger partial charge in [0.1, 0.15) is 11.5 Å². The molecule has 0 radical (unpaired) electrons. The van der Waals surface area contributed by atoms with Crippen LogP contribution in [0.3, 0.4) is 0 Å². The molecule has 0 saturated carbocycles. The first kappa shape index (κ1) is 15.1. The summed E-state index contributed by atoms with van der Waals surface area (Å²) in [6, 6.07) is 10.1. The van der Waals surface area contributed by atoms with Crippen molar-refractivity contribution >= 4 is 15.9 Å². The van der Waals surface area contributed by atoms with Crippen LogP contribution in [-0.4, -0.2) is 0 Å². The van der Waals surface area contributed by atoms with Gasteiger partial charge in [-0.15, -0.1) is 0 Å². The van der Waals surface area contributed by atoms with Crippen LogP contribution in [-0.2, 0) is 0 Å². The van der Waals surface area contributed by atoms with Crippen molar-refractivity contribution in [2.45, 2.75) is 33.7 Å². The molecule has 1 unspecified atom stereocenters. The third kappa shape index (κ3) is 3.22. The lowest BCUT2D eigenvalue weighted by molar-refractivity contribution is 0.467. The second-order valence-electron chi connectivity index (χ2n) is 5.28. The van der Waals surface area contributed by atoms with Crippen LogP contribution in [0.1, 0.15) is 35.2 Å². The van der Waals surface area contributed by atoms with Gasteiger partial charge in [-0.3, -0.25) is 0 Å². The Balaban J connectivity index is 2.47. The normalized spacial score (nSPS) is 12.3. The van der Waals surface area contributed by atoms with E-state index in [1.807, 2.05) is 25.1 Å². The second-order valence-corrected chi connectivity index (χ2v) is 6.19. The maximum Gasteiger partial charge on any atom is 0.133 e. The van der Waals surface area contributed by atoms with Crippen LogP contribution >= 0.6 is 15.9 Å². The van der Waals surface area contributed by atoms with Crippen molar-refractivity contribution in [3.8, 4) is 11.5 Å². The average molecular weight is 334 g/mol. The second kappa shape index (κ2) is 5.98. The predicted octanol–water partition coefficient (Wildman–Crippen LogP) is 5.19. The van der Waals surface area contributed by atoms with E-state index in [2.05, 4.69) is 48.8 Å². The molecule has 0 bridgehead atoms. The first-order valence-corrected chi connectivity index (χ1v) is 7.48. The number of nitrogens with two attached hydrogens (primary N) is 1. The van der Waals surface area contributed by atoms with E-state index in [9.17, 15) is 0 Å². The molecule has 2 rings (SSSR count). The van der Waals surface area contributed by atoms with Crippen LogP contribution in [0, 0.1) is 20.8 Å². The minimum Gasteiger partial charge on any atom is -0.457 e. The first-order chi connectivity index (χ1) is 9.38. The van der Waals surface area contributed by atoms with E-state index in [0.717, 1.165) is 27.1 Å². The highest BCUT2D eigenvalue weighted by Crippen LogP contribution is 2.34. The average Bonchev–Trinajstić information content (AvgIpc) is 2.35. The number of ether oxygens (including phenoxy) is 1. The fourth-order valence-corrected chi connectivity index (χ4v) is 2.54. The van der Waals surface area contributed by atoms with Gasteiger partial charge in [0.2, 0.25) is 0 Å². The Hall–Kier alpha value is -1.32. The van der Waals surface area contributed by atoms with Crippen molar-refractivity contribution < 1.29 is 4.74 Å². The molecular weight excluding hydrogens is 314 g/mol. The standard InChI is InChI=1S/C17H20BrNO/c1-10-7-11(2)12(3)16(8-10)20-17-9-14(18)5-6-15(17)13(4)19/h5-9,13H,19H2,1-4H3. The van der Waals surface area contributed by atoms with E-state index in [4.69, 9.17) is 10.5 Å². The van der Waals surface area contributed by atoms with Crippen molar-refractivity contribution in [3.63, 3.8) is 0 Å². The Morgan fingerprint density at radius 1 is 1.05 bits per heavy atom. The molecule has 0 aliphatic heterocycles. The summed E-state index contributed by atoms with van der Waals surface area (Å²) < 4.78 is 7.12. The molecule has 0 amide bonds. The van der Waals surface area contributed by atoms with E-state index in [1.54, 1.807) is 0 Å². The van der Waals surface area contributed by atoms with Gasteiger partial charge in [-0.2, -0.15) is 0 Å². The number of hydrogen-bond acceptors (Lipinski definition) is 2. The maximum atomic E-state index is 6.13. The Bertz CT molecular complexity index is 635. The molecule has 0 fully saturated rings. The van der Waals surface area contributed by atoms with Gasteiger partial charge in [-0.25, -0.2) is 0 Å². The number of halogens is 1. The van der Waals surface area contributed by atoms with Gasteiger partial charge in [0.05, 0.1) is 0 Å². The zero-order valence-electron chi connectivity index (χ0n) is 12.3. The van der Waals surface area contributed by atoms with Crippen molar-refractivity contribution in [1.82, 2.24) is 0 Å². The third-order valence-corrected chi connectivity index (χ3v) is 3.94. The van der Waals surface area contributed by atoms with Gasteiger partial charge in [0, 0.05) is 16.1 Å². The number of aryl methyl sites for hydroxylation is 2. The molecule has 0 spiro atoms. The van der Waals surface area contributed by atoms with Gasteiger partial charge in [-0.1, -0.05) is 28.1 Å². The van der Waals surface area contributed by atoms with Crippen molar-refractivity contribution in [2.75, 3.05) is 0 Å². The summed E-state index contributed by atoms with van der Waals surface area (Å²) >= 11 is 3.49. The number of rotatable bonds is 3. The number of hydrogen-bond donors (Lipinski definition) is 1. The van der Waals surface area contributed by atoms with E-state index < -0.39 is 0 Å². The van der Waals surface area contributed by atoms with E-state index in [1.165, 1.54) is 11.1 Å². The summed E-state index contributed by atoms with van der Waals surface area (Å²) in [6.07, 6.45) is 0. The van der Waals surface area contributed by atoms with Crippen molar-refractivity contribution in [2.24, 2.45) is 5.73 Å². The summed E-state index contributed by atoms with van der Waals surface area (Å²) in [5.74, 6) is 1.70. The lowest BCUT2D eigenvalue weighted by Gasteiger charge is -2.17. The quantitative estimate of drug-likeness (QED) is 0.839. The molecule has 0 aromatic heterocycles. The molecule has 106 valence electrons. The topological polar surface area (TPSA) is 35.2 Å². The molecule has 2 aromatic carbocycles. The van der Waals surface area contributed by atoms with E-state index in [0.29, 0.717) is 0 Å². The highest BCUT2D eigenvalue weighted by molar-refractivity contribution is 9.10. The SMILES string of the molecule is Cc1cc(C)c(C)c(Oc2cc(Br)ccc2C(C)N)c1. The molecule has 0 saturated heterocycles. The van der Waals surface area contributed by atoms with Gasteiger partial charge >= 0.3 is 0 Å². The van der Waals surface area contributed by atoms with Crippen LogP contribution in [0.2, 0.25) is 0 Å². The molecule has 1 atom stereocenters. The molecular formula is C17H20BrNO. The molecule has 20 heavy (non-hydrogen) atoms. The molecule has 2 nitrogen and oxygen atoms in total. The molecule has 0 aliphatic carbocycles. The minimum atomic E-state index is -0.0655. The van der Waals surface area contributed by atoms with Crippen LogP contribution in [0.25, 0.3) is 0 Å². The van der Waals surface area contributed by atoms with Gasteiger partial charge in [-0.05, 0) is 62.6 Å². The molecule has 2 N–H and O–H groups in total. The monoisotopic (exact) mass is 333 g/mol. The zero-order valence-corrected chi connectivity index (χ0v) is 13.9. The fraction of sp³-hybridized carbons (Fsp3) is 0.294. The van der Waals surface area contributed by atoms with Crippen LogP contribution in [0.15, 0.2) is 34.8 Å². The highest BCUT2D eigenvalue weighted by Gasteiger charge is 2.12. The summed E-state index contributed by atoms with van der Waals surface area (Å²) in [7, 11) is 0. The lowest BCUT2D eigenvalue weighted by atomic mass is 10.1. The Labute approximate surface area is 129 Å². The molecule has 0 heterocycles. The summed E-state index contributed by atoms with van der Waals surface area (Å²) in [4.78, 5) is 0. The first-order valence-electron chi connectivity index (χ1n) is 6.69. The summed E-state index contributed by atoms with van der Waals surface area (Å²) in [6.45, 7) is 8.22. The van der Waals surface area contributed by atoms with Crippen LogP contribution in [0.4, 0.5) is 0 Å². The third-order valence-electron chi connectivity index (χ3n) is 3.45. The lowest BCUT2D eigenvalue weighted by Crippen LogP contribution is -2.07. The van der Waals surface area contributed by atoms with E-state index in [-0.39, 0.29) is 6.04 Å². The van der Waals surface area contributed by atoms with Gasteiger partial charge in [0.25, 0.3) is 0 Å². The smallest absolute Gasteiger partial charge is 0.133 e. The molecule has 3 heteroatoms. The highest BCUT2D eigenvalue weighted by atomic mass is 79.9.